The molecule has 0 spiro atoms. The molecule has 2 atom stereocenters. The lowest BCUT2D eigenvalue weighted by Crippen LogP contribution is -2.40. The summed E-state index contributed by atoms with van der Waals surface area (Å²) in [5, 5.41) is 0.486. The normalized spacial score (nSPS) is 19.2. The van der Waals surface area contributed by atoms with Crippen molar-refractivity contribution in [3.8, 4) is 11.5 Å². The monoisotopic (exact) mass is 545 g/mol. The molecule has 2 heterocycles. The van der Waals surface area contributed by atoms with Crippen molar-refractivity contribution in [1.29, 1.82) is 0 Å². The fourth-order valence-corrected chi connectivity index (χ4v) is 6.88. The van der Waals surface area contributed by atoms with Crippen LogP contribution in [-0.2, 0) is 25.0 Å². The fourth-order valence-electron chi connectivity index (χ4n) is 5.35. The summed E-state index contributed by atoms with van der Waals surface area (Å²) >= 11 is 0. The molecule has 0 amide bonds. The Hall–Kier alpha value is -3.75. The van der Waals surface area contributed by atoms with Crippen molar-refractivity contribution in [3.63, 3.8) is 0 Å². The maximum atomic E-state index is 14.2. The second kappa shape index (κ2) is 10.4. The number of ether oxygens (including phenoxy) is 3. The van der Waals surface area contributed by atoms with Gasteiger partial charge in [-0.1, -0.05) is 29.8 Å². The van der Waals surface area contributed by atoms with Gasteiger partial charge in [0, 0.05) is 22.6 Å². The molecule has 39 heavy (non-hydrogen) atoms. The largest absolute Gasteiger partial charge is 0.497 e. The van der Waals surface area contributed by atoms with Gasteiger partial charge in [-0.2, -0.15) is 0 Å². The number of aromatic nitrogens is 1. The summed E-state index contributed by atoms with van der Waals surface area (Å²) in [5.41, 5.74) is 2.23. The molecule has 1 aliphatic rings. The third-order valence-electron chi connectivity index (χ3n) is 7.36. The van der Waals surface area contributed by atoms with Gasteiger partial charge in [0.15, 0.2) is 21.2 Å². The van der Waals surface area contributed by atoms with Crippen molar-refractivity contribution in [3.05, 3.63) is 95.2 Å². The molecule has 0 N–H and O–H groups in total. The second-order valence-corrected chi connectivity index (χ2v) is 11.9. The van der Waals surface area contributed by atoms with Crippen molar-refractivity contribution < 1.29 is 27.4 Å². The third kappa shape index (κ3) is 5.02. The topological polar surface area (TPSA) is 91.8 Å². The summed E-state index contributed by atoms with van der Waals surface area (Å²) < 4.78 is 45.0. The summed E-state index contributed by atoms with van der Waals surface area (Å²) in [5.74, 6) is -0.230. The SMILES string of the molecule is COc1cccc([C@H]2CO[C@@](C(=O)CS(=O)(=O)c3cccc4nc(C)ccc34)(c3cc(C)ccc3OC)C2)c1. The molecule has 0 saturated carbocycles. The lowest BCUT2D eigenvalue weighted by Gasteiger charge is -2.29. The lowest BCUT2D eigenvalue weighted by atomic mass is 9.81. The number of ketones is 1. The van der Waals surface area contributed by atoms with Crippen LogP contribution in [0.15, 0.2) is 77.7 Å². The van der Waals surface area contributed by atoms with E-state index in [9.17, 15) is 13.2 Å². The van der Waals surface area contributed by atoms with Crippen LogP contribution < -0.4 is 9.47 Å². The molecule has 5 rings (SSSR count). The third-order valence-corrected chi connectivity index (χ3v) is 9.03. The number of pyridine rings is 1. The summed E-state index contributed by atoms with van der Waals surface area (Å²) in [6.07, 6.45) is 0.268. The van der Waals surface area contributed by atoms with Gasteiger partial charge in [-0.25, -0.2) is 8.42 Å². The summed E-state index contributed by atoms with van der Waals surface area (Å²) in [7, 11) is -0.903. The smallest absolute Gasteiger partial charge is 0.186 e. The van der Waals surface area contributed by atoms with E-state index in [0.29, 0.717) is 28.0 Å². The van der Waals surface area contributed by atoms with Crippen LogP contribution in [0.25, 0.3) is 10.9 Å². The molecule has 3 aromatic carbocycles. The number of sulfone groups is 1. The minimum Gasteiger partial charge on any atom is -0.497 e. The molecular formula is C31H31NO6S. The van der Waals surface area contributed by atoms with Gasteiger partial charge in [-0.15, -0.1) is 0 Å². The van der Waals surface area contributed by atoms with Crippen LogP contribution in [0.2, 0.25) is 0 Å². The zero-order valence-electron chi connectivity index (χ0n) is 22.4. The number of nitrogens with zero attached hydrogens (tertiary/aromatic N) is 1. The first-order chi connectivity index (χ1) is 18.7. The van der Waals surface area contributed by atoms with Crippen molar-refractivity contribution >= 4 is 26.5 Å². The first kappa shape index (κ1) is 26.8. The van der Waals surface area contributed by atoms with Gasteiger partial charge in [0.05, 0.1) is 31.2 Å². The zero-order valence-corrected chi connectivity index (χ0v) is 23.2. The number of methoxy groups -OCH3 is 2. The Bertz CT molecular complexity index is 1670. The van der Waals surface area contributed by atoms with E-state index in [1.165, 1.54) is 13.2 Å². The van der Waals surface area contributed by atoms with E-state index in [0.717, 1.165) is 16.8 Å². The number of Topliss-reactive ketones (excluding diaryl/α,β-unsaturated/α-hetero) is 1. The van der Waals surface area contributed by atoms with E-state index in [2.05, 4.69) is 4.98 Å². The minimum absolute atomic E-state index is 0.0783. The van der Waals surface area contributed by atoms with Crippen LogP contribution in [0, 0.1) is 13.8 Å². The van der Waals surface area contributed by atoms with Crippen LogP contribution >= 0.6 is 0 Å². The maximum absolute atomic E-state index is 14.2. The number of hydrogen-bond acceptors (Lipinski definition) is 7. The number of carbonyl (C=O) groups is 1. The Morgan fingerprint density at radius 2 is 1.79 bits per heavy atom. The van der Waals surface area contributed by atoms with Gasteiger partial charge in [0.25, 0.3) is 0 Å². The molecule has 1 aliphatic heterocycles. The van der Waals surface area contributed by atoms with Crippen molar-refractivity contribution in [2.45, 2.75) is 36.7 Å². The van der Waals surface area contributed by atoms with E-state index in [1.54, 1.807) is 37.4 Å². The molecule has 0 aliphatic carbocycles. The average molecular weight is 546 g/mol. The average Bonchev–Trinajstić information content (AvgIpc) is 3.39. The standard InChI is InChI=1S/C31H31NO6S/c1-20-11-14-28(37-4)26(15-20)31(17-23(18-38-31)22-7-5-8-24(16-22)36-3)30(33)19-39(34,35)29-10-6-9-27-25(29)13-12-21(2)32-27/h5-16,23H,17-19H2,1-4H3/t23-,31-/m1/s1. The Labute approximate surface area is 228 Å². The van der Waals surface area contributed by atoms with Crippen LogP contribution in [-0.4, -0.2) is 45.8 Å². The summed E-state index contributed by atoms with van der Waals surface area (Å²) in [4.78, 5) is 18.8. The first-order valence-electron chi connectivity index (χ1n) is 12.7. The van der Waals surface area contributed by atoms with E-state index < -0.39 is 27.0 Å². The van der Waals surface area contributed by atoms with Crippen LogP contribution in [0.3, 0.4) is 0 Å². The Morgan fingerprint density at radius 1 is 1.00 bits per heavy atom. The lowest BCUT2D eigenvalue weighted by molar-refractivity contribution is -0.137. The van der Waals surface area contributed by atoms with Gasteiger partial charge in [0.1, 0.15) is 17.3 Å². The van der Waals surface area contributed by atoms with Crippen molar-refractivity contribution in [1.82, 2.24) is 4.98 Å². The summed E-state index contributed by atoms with van der Waals surface area (Å²) in [6, 6.07) is 21.6. The molecule has 1 fully saturated rings. The van der Waals surface area contributed by atoms with Crippen LogP contribution in [0.1, 0.15) is 34.7 Å². The number of carbonyl (C=O) groups excluding carboxylic acids is 1. The predicted molar refractivity (Wildman–Crippen MR) is 149 cm³/mol. The van der Waals surface area contributed by atoms with Gasteiger partial charge in [0.2, 0.25) is 0 Å². The van der Waals surface area contributed by atoms with E-state index in [1.807, 2.05) is 50.2 Å². The highest BCUT2D eigenvalue weighted by Gasteiger charge is 2.51. The molecule has 0 unspecified atom stereocenters. The van der Waals surface area contributed by atoms with Crippen LogP contribution in [0.4, 0.5) is 0 Å². The number of hydrogen-bond donors (Lipinski definition) is 0. The number of aryl methyl sites for hydroxylation is 2. The highest BCUT2D eigenvalue weighted by Crippen LogP contribution is 2.48. The van der Waals surface area contributed by atoms with Crippen LogP contribution in [0.5, 0.6) is 11.5 Å². The maximum Gasteiger partial charge on any atom is 0.186 e. The minimum atomic E-state index is -4.04. The molecule has 4 aromatic rings. The molecule has 0 bridgehead atoms. The molecule has 8 heteroatoms. The van der Waals surface area contributed by atoms with Gasteiger partial charge < -0.3 is 14.2 Å². The molecule has 7 nitrogen and oxygen atoms in total. The molecular weight excluding hydrogens is 514 g/mol. The van der Waals surface area contributed by atoms with Gasteiger partial charge >= 0.3 is 0 Å². The predicted octanol–water partition coefficient (Wildman–Crippen LogP) is 5.31. The van der Waals surface area contributed by atoms with E-state index in [4.69, 9.17) is 14.2 Å². The second-order valence-electron chi connectivity index (χ2n) is 9.98. The highest BCUT2D eigenvalue weighted by atomic mass is 32.2. The van der Waals surface area contributed by atoms with Gasteiger partial charge in [-0.05, 0) is 74.4 Å². The highest BCUT2D eigenvalue weighted by molar-refractivity contribution is 7.92. The Kier molecular flexibility index (Phi) is 7.18. The Balaban J connectivity index is 1.58. The molecule has 0 radical (unpaired) electrons. The zero-order chi connectivity index (χ0) is 27.8. The fraction of sp³-hybridized carbons (Fsp3) is 0.290. The first-order valence-corrected chi connectivity index (χ1v) is 14.4. The number of benzene rings is 3. The van der Waals surface area contributed by atoms with E-state index >= 15 is 0 Å². The van der Waals surface area contributed by atoms with Crippen molar-refractivity contribution in [2.75, 3.05) is 26.6 Å². The molecule has 1 aromatic heterocycles. The van der Waals surface area contributed by atoms with Gasteiger partial charge in [-0.3, -0.25) is 9.78 Å². The number of rotatable bonds is 8. The molecule has 202 valence electrons. The summed E-state index contributed by atoms with van der Waals surface area (Å²) in [6.45, 7) is 4.00. The molecule has 1 saturated heterocycles. The van der Waals surface area contributed by atoms with Crippen molar-refractivity contribution in [2.24, 2.45) is 0 Å². The quantitative estimate of drug-likeness (QED) is 0.296. The Morgan fingerprint density at radius 3 is 2.56 bits per heavy atom. The van der Waals surface area contributed by atoms with E-state index in [-0.39, 0.29) is 23.8 Å². The number of fused-ring (bicyclic) bond motifs is 1.